The fourth-order valence-electron chi connectivity index (χ4n) is 2.04. The smallest absolute Gasteiger partial charge is 0.141 e. The Morgan fingerprint density at radius 1 is 1.59 bits per heavy atom. The van der Waals surface area contributed by atoms with Crippen molar-refractivity contribution in [3.8, 4) is 12.3 Å². The first-order valence-electron chi connectivity index (χ1n) is 5.77. The molecule has 0 bridgehead atoms. The van der Waals surface area contributed by atoms with E-state index < -0.39 is 0 Å². The molecule has 2 unspecified atom stereocenters. The lowest BCUT2D eigenvalue weighted by Crippen LogP contribution is -2.46. The van der Waals surface area contributed by atoms with Gasteiger partial charge in [-0.25, -0.2) is 0 Å². The molecule has 0 heterocycles. The highest BCUT2D eigenvalue weighted by Gasteiger charge is 2.28. The van der Waals surface area contributed by atoms with Crippen LogP contribution in [0.5, 0.6) is 0 Å². The Morgan fingerprint density at radius 2 is 2.29 bits per heavy atom. The number of benzene rings is 1. The number of anilines is 1. The normalized spacial score (nSPS) is 15.6. The zero-order valence-corrected chi connectivity index (χ0v) is 10.7. The molecule has 0 fully saturated rings. The average Bonchev–Trinajstić information content (AvgIpc) is 2.28. The van der Waals surface area contributed by atoms with Gasteiger partial charge in [0, 0.05) is 11.3 Å². The lowest BCUT2D eigenvalue weighted by atomic mass is 10.0. The lowest BCUT2D eigenvalue weighted by molar-refractivity contribution is -0.925. The summed E-state index contributed by atoms with van der Waals surface area (Å²) in [5.41, 5.74) is 7.82. The van der Waals surface area contributed by atoms with Crippen LogP contribution >= 0.6 is 0 Å². The molecule has 0 aliphatic carbocycles. The van der Waals surface area contributed by atoms with Gasteiger partial charge in [0.1, 0.15) is 12.6 Å². The molecular weight excluding hydrogens is 208 g/mol. The Balaban J connectivity index is 3.03. The average molecular weight is 229 g/mol. The molecule has 0 aromatic heterocycles. The Hall–Kier alpha value is -1.72. The number of nitrogens with zero attached hydrogens (tertiary/aromatic N) is 1. The number of likely N-dealkylation sites (N-methyl/N-ethyl adjacent to an activating group) is 1. The Kier molecular flexibility index (Phi) is 4.37. The van der Waals surface area contributed by atoms with Gasteiger partial charge in [-0.1, -0.05) is 18.7 Å². The standard InChI is InChI=1S/C15H21N2/c1-5-10-17(4,11-6-2)13(3)14-8-7-9-15(16)12-14/h1,6-9,12-13H,2,10-11,16H2,3-4H3/q+1. The Labute approximate surface area is 104 Å². The van der Waals surface area contributed by atoms with E-state index in [4.69, 9.17) is 12.2 Å². The Bertz CT molecular complexity index is 431. The molecule has 0 spiro atoms. The van der Waals surface area contributed by atoms with Crippen molar-refractivity contribution in [3.05, 3.63) is 42.5 Å². The van der Waals surface area contributed by atoms with Gasteiger partial charge in [-0.2, -0.15) is 0 Å². The van der Waals surface area contributed by atoms with Crippen LogP contribution < -0.4 is 5.73 Å². The molecule has 90 valence electrons. The number of terminal acetylenes is 1. The quantitative estimate of drug-likeness (QED) is 0.357. The van der Waals surface area contributed by atoms with Crippen molar-refractivity contribution in [2.45, 2.75) is 13.0 Å². The second-order valence-corrected chi connectivity index (χ2v) is 4.66. The van der Waals surface area contributed by atoms with Crippen LogP contribution in [0, 0.1) is 12.3 Å². The molecule has 0 saturated heterocycles. The number of quaternary nitrogens is 1. The van der Waals surface area contributed by atoms with Gasteiger partial charge in [0.15, 0.2) is 0 Å². The summed E-state index contributed by atoms with van der Waals surface area (Å²) in [4.78, 5) is 0. The highest BCUT2D eigenvalue weighted by atomic mass is 15.3. The first kappa shape index (κ1) is 13.3. The third-order valence-electron chi connectivity index (χ3n) is 3.33. The number of hydrogen-bond acceptors (Lipinski definition) is 1. The van der Waals surface area contributed by atoms with Crippen LogP contribution in [0.1, 0.15) is 18.5 Å². The molecule has 0 aliphatic rings. The second kappa shape index (κ2) is 5.56. The number of nitrogens with two attached hydrogens (primary N) is 1. The van der Waals surface area contributed by atoms with E-state index in [1.807, 2.05) is 24.3 Å². The summed E-state index contributed by atoms with van der Waals surface area (Å²) in [6.07, 6.45) is 7.38. The van der Waals surface area contributed by atoms with Gasteiger partial charge in [-0.3, -0.25) is 0 Å². The molecular formula is C15H21N2+. The molecule has 0 aliphatic heterocycles. The van der Waals surface area contributed by atoms with Crippen LogP contribution in [0.3, 0.4) is 0 Å². The molecule has 1 rings (SSSR count). The summed E-state index contributed by atoms with van der Waals surface area (Å²) in [5.74, 6) is 2.75. The van der Waals surface area contributed by atoms with Gasteiger partial charge in [0.05, 0.1) is 13.6 Å². The van der Waals surface area contributed by atoms with E-state index in [2.05, 4.69) is 32.5 Å². The SMILES string of the molecule is C#CC[N+](C)(CC=C)C(C)c1cccc(N)c1. The van der Waals surface area contributed by atoms with E-state index in [1.54, 1.807) is 0 Å². The van der Waals surface area contributed by atoms with Crippen LogP contribution in [0.15, 0.2) is 36.9 Å². The molecule has 0 amide bonds. The zero-order chi connectivity index (χ0) is 12.9. The number of hydrogen-bond donors (Lipinski definition) is 1. The molecule has 1 aromatic carbocycles. The fraction of sp³-hybridized carbons (Fsp3) is 0.333. The maximum absolute atomic E-state index is 5.82. The largest absolute Gasteiger partial charge is 0.399 e. The highest BCUT2D eigenvalue weighted by molar-refractivity contribution is 5.41. The monoisotopic (exact) mass is 229 g/mol. The molecule has 1 aromatic rings. The maximum Gasteiger partial charge on any atom is 0.141 e. The topological polar surface area (TPSA) is 26.0 Å². The van der Waals surface area contributed by atoms with E-state index in [0.717, 1.165) is 16.7 Å². The zero-order valence-electron chi connectivity index (χ0n) is 10.7. The van der Waals surface area contributed by atoms with Crippen LogP contribution in [-0.2, 0) is 0 Å². The molecule has 2 atom stereocenters. The minimum atomic E-state index is 0.299. The van der Waals surface area contributed by atoms with Crippen LogP contribution in [0.2, 0.25) is 0 Å². The van der Waals surface area contributed by atoms with Crippen molar-refractivity contribution in [2.75, 3.05) is 25.9 Å². The van der Waals surface area contributed by atoms with E-state index in [9.17, 15) is 0 Å². The highest BCUT2D eigenvalue weighted by Crippen LogP contribution is 2.27. The van der Waals surface area contributed by atoms with Crippen molar-refractivity contribution >= 4 is 5.69 Å². The minimum Gasteiger partial charge on any atom is -0.399 e. The van der Waals surface area contributed by atoms with Crippen molar-refractivity contribution in [1.82, 2.24) is 0 Å². The van der Waals surface area contributed by atoms with Crippen molar-refractivity contribution in [2.24, 2.45) is 0 Å². The lowest BCUT2D eigenvalue weighted by Gasteiger charge is -2.38. The molecule has 2 heteroatoms. The first-order valence-corrected chi connectivity index (χ1v) is 5.77. The summed E-state index contributed by atoms with van der Waals surface area (Å²) in [6.45, 7) is 7.52. The van der Waals surface area contributed by atoms with Crippen molar-refractivity contribution in [3.63, 3.8) is 0 Å². The number of nitrogen functional groups attached to an aromatic ring is 1. The van der Waals surface area contributed by atoms with Crippen LogP contribution in [0.4, 0.5) is 5.69 Å². The third kappa shape index (κ3) is 3.12. The molecule has 2 nitrogen and oxygen atoms in total. The second-order valence-electron chi connectivity index (χ2n) is 4.66. The fourth-order valence-corrected chi connectivity index (χ4v) is 2.04. The minimum absolute atomic E-state index is 0.299. The summed E-state index contributed by atoms with van der Waals surface area (Å²) in [7, 11) is 2.15. The summed E-state index contributed by atoms with van der Waals surface area (Å²) in [5, 5.41) is 0. The van der Waals surface area contributed by atoms with E-state index >= 15 is 0 Å². The van der Waals surface area contributed by atoms with E-state index in [0.29, 0.717) is 12.6 Å². The molecule has 0 radical (unpaired) electrons. The first-order chi connectivity index (χ1) is 8.03. The molecule has 17 heavy (non-hydrogen) atoms. The van der Waals surface area contributed by atoms with E-state index in [1.165, 1.54) is 5.56 Å². The van der Waals surface area contributed by atoms with Crippen LogP contribution in [-0.4, -0.2) is 24.6 Å². The molecule has 2 N–H and O–H groups in total. The van der Waals surface area contributed by atoms with Gasteiger partial charge in [0.2, 0.25) is 0 Å². The van der Waals surface area contributed by atoms with E-state index in [-0.39, 0.29) is 0 Å². The van der Waals surface area contributed by atoms with Crippen molar-refractivity contribution in [1.29, 1.82) is 0 Å². The summed E-state index contributed by atoms with van der Waals surface area (Å²) < 4.78 is 0.753. The van der Waals surface area contributed by atoms with Gasteiger partial charge < -0.3 is 10.2 Å². The third-order valence-corrected chi connectivity index (χ3v) is 3.33. The summed E-state index contributed by atoms with van der Waals surface area (Å²) in [6, 6.07) is 8.29. The van der Waals surface area contributed by atoms with Crippen molar-refractivity contribution < 1.29 is 4.48 Å². The predicted octanol–water partition coefficient (Wildman–Crippen LogP) is 2.60. The maximum atomic E-state index is 5.82. The Morgan fingerprint density at radius 3 is 2.82 bits per heavy atom. The molecule has 0 saturated carbocycles. The van der Waals surface area contributed by atoms with Gasteiger partial charge in [-0.05, 0) is 31.1 Å². The predicted molar refractivity (Wildman–Crippen MR) is 74.2 cm³/mol. The van der Waals surface area contributed by atoms with Gasteiger partial charge >= 0.3 is 0 Å². The van der Waals surface area contributed by atoms with Gasteiger partial charge in [-0.15, -0.1) is 6.42 Å². The summed E-state index contributed by atoms with van der Waals surface area (Å²) >= 11 is 0. The van der Waals surface area contributed by atoms with Gasteiger partial charge in [0.25, 0.3) is 0 Å². The number of rotatable bonds is 5. The van der Waals surface area contributed by atoms with Crippen LogP contribution in [0.25, 0.3) is 0 Å².